The monoisotopic (exact) mass is 535 g/mol. The van der Waals surface area contributed by atoms with E-state index < -0.39 is 0 Å². The fourth-order valence-corrected chi connectivity index (χ4v) is 5.74. The van der Waals surface area contributed by atoms with Crippen molar-refractivity contribution in [3.63, 3.8) is 0 Å². The molecule has 38 heavy (non-hydrogen) atoms. The highest BCUT2D eigenvalue weighted by Gasteiger charge is 2.26. The number of aromatic nitrogens is 1. The zero-order chi connectivity index (χ0) is 26.3. The van der Waals surface area contributed by atoms with Crippen LogP contribution in [0.1, 0.15) is 22.5 Å². The van der Waals surface area contributed by atoms with Crippen molar-refractivity contribution in [1.82, 2.24) is 14.4 Å². The normalized spacial score (nSPS) is 16.7. The number of rotatable bonds is 9. The number of para-hydroxylation sites is 2. The summed E-state index contributed by atoms with van der Waals surface area (Å²) in [5, 5.41) is 0.807. The zero-order valence-electron chi connectivity index (χ0n) is 22.3. The molecule has 0 spiro atoms. The quantitative estimate of drug-likeness (QED) is 0.378. The van der Waals surface area contributed by atoms with Crippen LogP contribution in [0.5, 0.6) is 0 Å². The molecule has 202 valence electrons. The number of piperazine rings is 2. The standard InChI is InChI=1S/C30H38ClN5O2/c1-38-21-7-12-36-24-25(23-32-13-15-34(16-14-32)28-11-6-5-10-27(28)31)22-29(36)30(37)35-19-17-33(18-20-35)26-8-3-2-4-9-26/h2-6,8-11,22,24H,7,12-21,23H2,1H3. The molecular weight excluding hydrogens is 498 g/mol. The van der Waals surface area contributed by atoms with Gasteiger partial charge in [0.15, 0.2) is 0 Å². The van der Waals surface area contributed by atoms with Gasteiger partial charge in [-0.2, -0.15) is 0 Å². The fraction of sp³-hybridized carbons (Fsp3) is 0.433. The third-order valence-corrected chi connectivity index (χ3v) is 7.90. The summed E-state index contributed by atoms with van der Waals surface area (Å²) in [4.78, 5) is 22.8. The fourth-order valence-electron chi connectivity index (χ4n) is 5.48. The largest absolute Gasteiger partial charge is 0.385 e. The number of aryl methyl sites for hydroxylation is 1. The highest BCUT2D eigenvalue weighted by Crippen LogP contribution is 2.26. The van der Waals surface area contributed by atoms with Gasteiger partial charge < -0.3 is 24.0 Å². The topological polar surface area (TPSA) is 44.2 Å². The van der Waals surface area contributed by atoms with E-state index in [0.717, 1.165) is 88.3 Å². The Labute approximate surface area is 231 Å². The minimum Gasteiger partial charge on any atom is -0.385 e. The molecule has 1 aromatic heterocycles. The number of benzene rings is 2. The number of ether oxygens (including phenoxy) is 1. The molecule has 0 bridgehead atoms. The first-order chi connectivity index (χ1) is 18.6. The van der Waals surface area contributed by atoms with Crippen LogP contribution in [-0.4, -0.2) is 86.3 Å². The van der Waals surface area contributed by atoms with Crippen LogP contribution in [0.4, 0.5) is 11.4 Å². The van der Waals surface area contributed by atoms with Crippen LogP contribution < -0.4 is 9.80 Å². The van der Waals surface area contributed by atoms with Crippen LogP contribution in [0.25, 0.3) is 0 Å². The third-order valence-electron chi connectivity index (χ3n) is 7.58. The van der Waals surface area contributed by atoms with Crippen molar-refractivity contribution in [3.8, 4) is 0 Å². The lowest BCUT2D eigenvalue weighted by atomic mass is 10.2. The van der Waals surface area contributed by atoms with Crippen molar-refractivity contribution >= 4 is 28.9 Å². The molecule has 2 aliphatic rings. The number of methoxy groups -OCH3 is 1. The maximum absolute atomic E-state index is 13.7. The molecule has 8 heteroatoms. The van der Waals surface area contributed by atoms with Gasteiger partial charge in [-0.1, -0.05) is 41.9 Å². The number of hydrogen-bond acceptors (Lipinski definition) is 5. The molecule has 2 saturated heterocycles. The Morgan fingerprint density at radius 1 is 0.868 bits per heavy atom. The van der Waals surface area contributed by atoms with Gasteiger partial charge in [0.05, 0.1) is 10.7 Å². The van der Waals surface area contributed by atoms with Gasteiger partial charge in [-0.25, -0.2) is 0 Å². The highest BCUT2D eigenvalue weighted by molar-refractivity contribution is 6.33. The summed E-state index contributed by atoms with van der Waals surface area (Å²) in [6.45, 7) is 9.27. The second-order valence-electron chi connectivity index (χ2n) is 10.1. The minimum absolute atomic E-state index is 0.130. The average molecular weight is 536 g/mol. The summed E-state index contributed by atoms with van der Waals surface area (Å²) in [6.07, 6.45) is 3.05. The van der Waals surface area contributed by atoms with Crippen molar-refractivity contribution < 1.29 is 9.53 Å². The lowest BCUT2D eigenvalue weighted by Crippen LogP contribution is -2.49. The van der Waals surface area contributed by atoms with Crippen LogP contribution in [-0.2, 0) is 17.8 Å². The first kappa shape index (κ1) is 26.6. The Hall–Kier alpha value is -3.00. The van der Waals surface area contributed by atoms with E-state index in [-0.39, 0.29) is 5.91 Å². The van der Waals surface area contributed by atoms with Gasteiger partial charge in [0.1, 0.15) is 5.69 Å². The maximum Gasteiger partial charge on any atom is 0.270 e. The highest BCUT2D eigenvalue weighted by atomic mass is 35.5. The van der Waals surface area contributed by atoms with Gasteiger partial charge in [-0.3, -0.25) is 9.69 Å². The average Bonchev–Trinajstić information content (AvgIpc) is 3.36. The summed E-state index contributed by atoms with van der Waals surface area (Å²) >= 11 is 6.42. The lowest BCUT2D eigenvalue weighted by Gasteiger charge is -2.36. The summed E-state index contributed by atoms with van der Waals surface area (Å²) < 4.78 is 7.42. The maximum atomic E-state index is 13.7. The SMILES string of the molecule is COCCCn1cc(CN2CCN(c3ccccc3Cl)CC2)cc1C(=O)N1CCN(c2ccccc2)CC1. The molecule has 3 aromatic rings. The first-order valence-corrected chi connectivity index (χ1v) is 14.0. The van der Waals surface area contributed by atoms with Crippen LogP contribution in [0.15, 0.2) is 66.9 Å². The van der Waals surface area contributed by atoms with E-state index >= 15 is 0 Å². The summed E-state index contributed by atoms with van der Waals surface area (Å²) in [5.74, 6) is 0.130. The molecule has 2 aromatic carbocycles. The number of hydrogen-bond donors (Lipinski definition) is 0. The third kappa shape index (κ3) is 6.34. The molecule has 0 atom stereocenters. The second-order valence-corrected chi connectivity index (χ2v) is 10.5. The molecule has 1 amide bonds. The van der Waals surface area contributed by atoms with Gasteiger partial charge >= 0.3 is 0 Å². The van der Waals surface area contributed by atoms with Gasteiger partial charge in [-0.05, 0) is 42.3 Å². The van der Waals surface area contributed by atoms with Crippen LogP contribution in [0.3, 0.4) is 0 Å². The Kier molecular flexibility index (Phi) is 8.89. The van der Waals surface area contributed by atoms with Gasteiger partial charge in [-0.15, -0.1) is 0 Å². The van der Waals surface area contributed by atoms with E-state index in [4.69, 9.17) is 16.3 Å². The smallest absolute Gasteiger partial charge is 0.270 e. The van der Waals surface area contributed by atoms with Crippen molar-refractivity contribution in [2.45, 2.75) is 19.5 Å². The van der Waals surface area contributed by atoms with Crippen LogP contribution >= 0.6 is 11.6 Å². The minimum atomic E-state index is 0.130. The van der Waals surface area contributed by atoms with E-state index in [0.29, 0.717) is 6.61 Å². The molecule has 7 nitrogen and oxygen atoms in total. The van der Waals surface area contributed by atoms with E-state index in [1.807, 2.05) is 29.2 Å². The predicted molar refractivity (Wildman–Crippen MR) is 154 cm³/mol. The molecular formula is C30H38ClN5O2. The molecule has 3 heterocycles. The molecule has 5 rings (SSSR count). The van der Waals surface area contributed by atoms with Gasteiger partial charge in [0.25, 0.3) is 5.91 Å². The van der Waals surface area contributed by atoms with Crippen LogP contribution in [0, 0.1) is 0 Å². The molecule has 0 unspecified atom stereocenters. The van der Waals surface area contributed by atoms with Crippen molar-refractivity contribution in [3.05, 3.63) is 83.1 Å². The van der Waals surface area contributed by atoms with E-state index in [2.05, 4.69) is 61.9 Å². The van der Waals surface area contributed by atoms with Crippen LogP contribution in [0.2, 0.25) is 5.02 Å². The molecule has 0 N–H and O–H groups in total. The number of nitrogens with zero attached hydrogens (tertiary/aromatic N) is 5. The Bertz CT molecular complexity index is 1180. The Morgan fingerprint density at radius 2 is 1.55 bits per heavy atom. The molecule has 2 aliphatic heterocycles. The number of halogens is 1. The van der Waals surface area contributed by atoms with E-state index in [9.17, 15) is 4.79 Å². The van der Waals surface area contributed by atoms with Gasteiger partial charge in [0, 0.05) is 91.0 Å². The predicted octanol–water partition coefficient (Wildman–Crippen LogP) is 4.46. The molecule has 0 saturated carbocycles. The van der Waals surface area contributed by atoms with E-state index in [1.54, 1.807) is 7.11 Å². The van der Waals surface area contributed by atoms with Crippen molar-refractivity contribution in [2.24, 2.45) is 0 Å². The van der Waals surface area contributed by atoms with Crippen molar-refractivity contribution in [1.29, 1.82) is 0 Å². The summed E-state index contributed by atoms with van der Waals surface area (Å²) in [5.41, 5.74) is 4.32. The summed E-state index contributed by atoms with van der Waals surface area (Å²) in [6, 6.07) is 20.6. The van der Waals surface area contributed by atoms with Crippen molar-refractivity contribution in [2.75, 3.05) is 75.9 Å². The molecule has 0 radical (unpaired) electrons. The Balaban J connectivity index is 1.22. The number of carbonyl (C=O) groups excluding carboxylic acids is 1. The number of carbonyl (C=O) groups is 1. The summed E-state index contributed by atoms with van der Waals surface area (Å²) in [7, 11) is 1.72. The van der Waals surface area contributed by atoms with Gasteiger partial charge in [0.2, 0.25) is 0 Å². The lowest BCUT2D eigenvalue weighted by molar-refractivity contribution is 0.0734. The molecule has 2 fully saturated rings. The second kappa shape index (κ2) is 12.7. The first-order valence-electron chi connectivity index (χ1n) is 13.6. The number of anilines is 2. The Morgan fingerprint density at radius 3 is 2.26 bits per heavy atom. The van der Waals surface area contributed by atoms with E-state index in [1.165, 1.54) is 11.3 Å². The zero-order valence-corrected chi connectivity index (χ0v) is 23.0. The molecule has 0 aliphatic carbocycles. The number of amides is 1.